The van der Waals surface area contributed by atoms with Crippen LogP contribution in [0.2, 0.25) is 0 Å². The normalized spacial score (nSPS) is 22.2. The number of hydrogen-bond acceptors (Lipinski definition) is 3. The Morgan fingerprint density at radius 1 is 1.29 bits per heavy atom. The molecule has 3 rings (SSSR count). The Labute approximate surface area is 126 Å². The molecule has 0 radical (unpaired) electrons. The molecule has 1 saturated carbocycles. The van der Waals surface area contributed by atoms with E-state index in [1.54, 1.807) is 7.11 Å². The van der Waals surface area contributed by atoms with Crippen LogP contribution >= 0.6 is 0 Å². The van der Waals surface area contributed by atoms with Crippen molar-refractivity contribution in [3.05, 3.63) is 30.5 Å². The zero-order valence-electron chi connectivity index (χ0n) is 12.9. The highest BCUT2D eigenvalue weighted by Crippen LogP contribution is 2.30. The fourth-order valence-corrected chi connectivity index (χ4v) is 3.40. The summed E-state index contributed by atoms with van der Waals surface area (Å²) in [4.78, 5) is 4.52. The zero-order chi connectivity index (χ0) is 14.7. The third kappa shape index (κ3) is 3.29. The Bertz CT molecular complexity index is 611. The van der Waals surface area contributed by atoms with Crippen molar-refractivity contribution in [2.75, 3.05) is 19.0 Å². The molecule has 0 amide bonds. The highest BCUT2D eigenvalue weighted by Gasteiger charge is 2.18. The standard InChI is InChI=1S/C18H24N2O/c1-13-4-3-5-14(10-13)12-20-18-17-11-16(21-2)7-6-15(17)8-9-19-18/h6-9,11,13-14H,3-5,10,12H2,1-2H3,(H,19,20). The number of methoxy groups -OCH3 is 1. The number of pyridine rings is 1. The van der Waals surface area contributed by atoms with Crippen LogP contribution in [0.4, 0.5) is 5.82 Å². The highest BCUT2D eigenvalue weighted by atomic mass is 16.5. The number of aromatic nitrogens is 1. The molecule has 3 nitrogen and oxygen atoms in total. The summed E-state index contributed by atoms with van der Waals surface area (Å²) in [5.41, 5.74) is 0. The summed E-state index contributed by atoms with van der Waals surface area (Å²) in [6.07, 6.45) is 7.30. The Hall–Kier alpha value is -1.77. The lowest BCUT2D eigenvalue weighted by molar-refractivity contribution is 0.293. The van der Waals surface area contributed by atoms with E-state index in [0.29, 0.717) is 0 Å². The summed E-state index contributed by atoms with van der Waals surface area (Å²) in [5, 5.41) is 5.90. The van der Waals surface area contributed by atoms with Crippen LogP contribution in [0.5, 0.6) is 5.75 Å². The van der Waals surface area contributed by atoms with Gasteiger partial charge in [0.1, 0.15) is 11.6 Å². The first-order chi connectivity index (χ1) is 10.3. The lowest BCUT2D eigenvalue weighted by atomic mass is 9.82. The second-order valence-electron chi connectivity index (χ2n) is 6.27. The van der Waals surface area contributed by atoms with Crippen molar-refractivity contribution < 1.29 is 4.74 Å². The van der Waals surface area contributed by atoms with Crippen molar-refractivity contribution in [2.24, 2.45) is 11.8 Å². The van der Waals surface area contributed by atoms with Crippen molar-refractivity contribution in [1.82, 2.24) is 4.98 Å². The van der Waals surface area contributed by atoms with Gasteiger partial charge in [-0.15, -0.1) is 0 Å². The largest absolute Gasteiger partial charge is 0.497 e. The molecule has 1 N–H and O–H groups in total. The molecule has 2 atom stereocenters. The number of hydrogen-bond donors (Lipinski definition) is 1. The zero-order valence-corrected chi connectivity index (χ0v) is 12.9. The Morgan fingerprint density at radius 3 is 3.00 bits per heavy atom. The van der Waals surface area contributed by atoms with Crippen molar-refractivity contribution >= 4 is 16.6 Å². The lowest BCUT2D eigenvalue weighted by Gasteiger charge is -2.27. The van der Waals surface area contributed by atoms with Gasteiger partial charge in [0.2, 0.25) is 0 Å². The van der Waals surface area contributed by atoms with Gasteiger partial charge in [-0.3, -0.25) is 0 Å². The van der Waals surface area contributed by atoms with Crippen LogP contribution in [0.1, 0.15) is 32.6 Å². The maximum Gasteiger partial charge on any atom is 0.133 e. The number of benzene rings is 1. The predicted molar refractivity (Wildman–Crippen MR) is 87.9 cm³/mol. The smallest absolute Gasteiger partial charge is 0.133 e. The van der Waals surface area contributed by atoms with Crippen molar-refractivity contribution in [3.63, 3.8) is 0 Å². The first kappa shape index (κ1) is 14.2. The molecule has 2 aromatic rings. The van der Waals surface area contributed by atoms with Gasteiger partial charge in [0.05, 0.1) is 7.11 Å². The van der Waals surface area contributed by atoms with Crippen molar-refractivity contribution in [1.29, 1.82) is 0 Å². The molecule has 1 aromatic carbocycles. The van der Waals surface area contributed by atoms with E-state index >= 15 is 0 Å². The second kappa shape index (κ2) is 6.33. The molecular weight excluding hydrogens is 260 g/mol. The third-order valence-electron chi connectivity index (χ3n) is 4.58. The van der Waals surface area contributed by atoms with Gasteiger partial charge in [-0.05, 0) is 48.3 Å². The molecule has 1 aromatic heterocycles. The molecule has 0 aliphatic heterocycles. The van der Waals surface area contributed by atoms with E-state index in [0.717, 1.165) is 35.3 Å². The van der Waals surface area contributed by atoms with Crippen LogP contribution in [-0.4, -0.2) is 18.6 Å². The first-order valence-electron chi connectivity index (χ1n) is 7.93. The minimum absolute atomic E-state index is 0.774. The summed E-state index contributed by atoms with van der Waals surface area (Å²) in [6, 6.07) is 8.19. The van der Waals surface area contributed by atoms with E-state index in [9.17, 15) is 0 Å². The average molecular weight is 284 g/mol. The molecule has 112 valence electrons. The molecular formula is C18H24N2O. The summed E-state index contributed by atoms with van der Waals surface area (Å²) >= 11 is 0. The number of rotatable bonds is 4. The van der Waals surface area contributed by atoms with Gasteiger partial charge < -0.3 is 10.1 Å². The molecule has 2 unspecified atom stereocenters. The van der Waals surface area contributed by atoms with Gasteiger partial charge in [0.15, 0.2) is 0 Å². The van der Waals surface area contributed by atoms with Gasteiger partial charge in [0, 0.05) is 18.1 Å². The molecule has 1 heterocycles. The molecule has 3 heteroatoms. The maximum atomic E-state index is 5.33. The molecule has 0 bridgehead atoms. The van der Waals surface area contributed by atoms with Gasteiger partial charge in [0.25, 0.3) is 0 Å². The van der Waals surface area contributed by atoms with Gasteiger partial charge in [-0.2, -0.15) is 0 Å². The van der Waals surface area contributed by atoms with Crippen molar-refractivity contribution in [3.8, 4) is 5.75 Å². The van der Waals surface area contributed by atoms with Crippen LogP contribution in [0.25, 0.3) is 10.8 Å². The Kier molecular flexibility index (Phi) is 4.28. The quantitative estimate of drug-likeness (QED) is 0.898. The first-order valence-corrected chi connectivity index (χ1v) is 7.93. The molecule has 1 fully saturated rings. The van der Waals surface area contributed by atoms with E-state index in [-0.39, 0.29) is 0 Å². The van der Waals surface area contributed by atoms with Gasteiger partial charge >= 0.3 is 0 Å². The molecule has 0 spiro atoms. The fraction of sp³-hybridized carbons (Fsp3) is 0.500. The van der Waals surface area contributed by atoms with Crippen LogP contribution in [0.3, 0.4) is 0 Å². The minimum Gasteiger partial charge on any atom is -0.497 e. The second-order valence-corrected chi connectivity index (χ2v) is 6.27. The summed E-state index contributed by atoms with van der Waals surface area (Å²) in [5.74, 6) is 3.50. The SMILES string of the molecule is COc1ccc2ccnc(NCC3CCCC(C)C3)c2c1. The number of ether oxygens (including phenoxy) is 1. The van der Waals surface area contributed by atoms with Crippen LogP contribution < -0.4 is 10.1 Å². The molecule has 1 aliphatic carbocycles. The van der Waals surface area contributed by atoms with E-state index < -0.39 is 0 Å². The predicted octanol–water partition coefficient (Wildman–Crippen LogP) is 4.48. The summed E-state index contributed by atoms with van der Waals surface area (Å²) in [6.45, 7) is 3.39. The summed E-state index contributed by atoms with van der Waals surface area (Å²) < 4.78 is 5.33. The fourth-order valence-electron chi connectivity index (χ4n) is 3.40. The number of fused-ring (bicyclic) bond motifs is 1. The topological polar surface area (TPSA) is 34.1 Å². The molecule has 0 saturated heterocycles. The maximum absolute atomic E-state index is 5.33. The Balaban J connectivity index is 1.76. The monoisotopic (exact) mass is 284 g/mol. The van der Waals surface area contributed by atoms with Crippen LogP contribution in [0, 0.1) is 11.8 Å². The van der Waals surface area contributed by atoms with Gasteiger partial charge in [-0.25, -0.2) is 4.98 Å². The van der Waals surface area contributed by atoms with Crippen molar-refractivity contribution in [2.45, 2.75) is 32.6 Å². The Morgan fingerprint density at radius 2 is 2.19 bits per heavy atom. The number of nitrogens with one attached hydrogen (secondary N) is 1. The number of anilines is 1. The third-order valence-corrected chi connectivity index (χ3v) is 4.58. The van der Waals surface area contributed by atoms with E-state index in [2.05, 4.69) is 29.4 Å². The molecule has 21 heavy (non-hydrogen) atoms. The minimum atomic E-state index is 0.774. The average Bonchev–Trinajstić information content (AvgIpc) is 2.52. The van der Waals surface area contributed by atoms with E-state index in [1.807, 2.05) is 18.3 Å². The van der Waals surface area contributed by atoms with Gasteiger partial charge in [-0.1, -0.05) is 25.8 Å². The van der Waals surface area contributed by atoms with E-state index in [4.69, 9.17) is 4.74 Å². The number of nitrogens with zero attached hydrogens (tertiary/aromatic N) is 1. The molecule has 1 aliphatic rings. The van der Waals surface area contributed by atoms with Crippen LogP contribution in [0.15, 0.2) is 30.5 Å². The summed E-state index contributed by atoms with van der Waals surface area (Å²) in [7, 11) is 1.70. The lowest BCUT2D eigenvalue weighted by Crippen LogP contribution is -2.21. The highest BCUT2D eigenvalue weighted by molar-refractivity contribution is 5.92. The van der Waals surface area contributed by atoms with Crippen LogP contribution in [-0.2, 0) is 0 Å². The van der Waals surface area contributed by atoms with E-state index in [1.165, 1.54) is 31.1 Å².